The first-order chi connectivity index (χ1) is 7.51. The standard InChI is InChI=1S/C10H15FN2O2S/c1-2-13(16(14,15)7-6-12)10-5-3-4-9(11)8-10/h3-5,8H,2,6-7,12H2,1H3. The van der Waals surface area contributed by atoms with Crippen LogP contribution in [-0.4, -0.2) is 27.3 Å². The van der Waals surface area contributed by atoms with Gasteiger partial charge in [-0.3, -0.25) is 4.31 Å². The van der Waals surface area contributed by atoms with Crippen molar-refractivity contribution in [3.8, 4) is 0 Å². The second kappa shape index (κ2) is 5.27. The Morgan fingerprint density at radius 3 is 2.62 bits per heavy atom. The Morgan fingerprint density at radius 2 is 2.12 bits per heavy atom. The molecular formula is C10H15FN2O2S. The topological polar surface area (TPSA) is 63.4 Å². The van der Waals surface area contributed by atoms with Crippen LogP contribution in [-0.2, 0) is 10.0 Å². The van der Waals surface area contributed by atoms with Gasteiger partial charge >= 0.3 is 0 Å². The zero-order valence-electron chi connectivity index (χ0n) is 9.06. The molecule has 0 bridgehead atoms. The van der Waals surface area contributed by atoms with E-state index in [4.69, 9.17) is 5.73 Å². The minimum Gasteiger partial charge on any atom is -0.329 e. The predicted octanol–water partition coefficient (Wildman–Crippen LogP) is 0.940. The molecule has 0 heterocycles. The number of rotatable bonds is 5. The van der Waals surface area contributed by atoms with E-state index < -0.39 is 15.8 Å². The summed E-state index contributed by atoms with van der Waals surface area (Å²) in [6.07, 6.45) is 0. The van der Waals surface area contributed by atoms with Gasteiger partial charge in [0.05, 0.1) is 11.4 Å². The molecule has 16 heavy (non-hydrogen) atoms. The number of anilines is 1. The molecular weight excluding hydrogens is 231 g/mol. The summed E-state index contributed by atoms with van der Waals surface area (Å²) in [5.74, 6) is -0.601. The molecule has 0 aromatic heterocycles. The fourth-order valence-corrected chi connectivity index (χ4v) is 2.78. The quantitative estimate of drug-likeness (QED) is 0.841. The molecule has 90 valence electrons. The first kappa shape index (κ1) is 12.9. The Hall–Kier alpha value is -1.14. The highest BCUT2D eigenvalue weighted by Gasteiger charge is 2.20. The van der Waals surface area contributed by atoms with E-state index in [0.29, 0.717) is 5.69 Å². The normalized spacial score (nSPS) is 11.4. The van der Waals surface area contributed by atoms with Crippen LogP contribution < -0.4 is 10.0 Å². The van der Waals surface area contributed by atoms with Gasteiger partial charge in [-0.25, -0.2) is 12.8 Å². The Balaban J connectivity index is 3.08. The van der Waals surface area contributed by atoms with Gasteiger partial charge in [-0.1, -0.05) is 6.07 Å². The summed E-state index contributed by atoms with van der Waals surface area (Å²) in [7, 11) is -3.45. The SMILES string of the molecule is CCN(c1cccc(F)c1)S(=O)(=O)CCN. The minimum absolute atomic E-state index is 0.0498. The van der Waals surface area contributed by atoms with E-state index in [1.54, 1.807) is 13.0 Å². The van der Waals surface area contributed by atoms with Crippen LogP contribution in [0.25, 0.3) is 0 Å². The number of hydrogen-bond acceptors (Lipinski definition) is 3. The maximum absolute atomic E-state index is 13.0. The van der Waals surface area contributed by atoms with E-state index in [-0.39, 0.29) is 18.8 Å². The highest BCUT2D eigenvalue weighted by molar-refractivity contribution is 7.92. The molecule has 0 fully saturated rings. The lowest BCUT2D eigenvalue weighted by Gasteiger charge is -2.22. The number of halogens is 1. The summed E-state index contributed by atoms with van der Waals surface area (Å²) in [4.78, 5) is 0. The lowest BCUT2D eigenvalue weighted by Crippen LogP contribution is -2.35. The van der Waals surface area contributed by atoms with Gasteiger partial charge < -0.3 is 5.73 Å². The molecule has 0 saturated heterocycles. The number of benzene rings is 1. The van der Waals surface area contributed by atoms with Crippen molar-refractivity contribution in [1.29, 1.82) is 0 Å². The van der Waals surface area contributed by atoms with Gasteiger partial charge in [0.1, 0.15) is 5.82 Å². The van der Waals surface area contributed by atoms with E-state index in [1.807, 2.05) is 0 Å². The lowest BCUT2D eigenvalue weighted by atomic mass is 10.3. The zero-order chi connectivity index (χ0) is 12.2. The van der Waals surface area contributed by atoms with Crippen LogP contribution in [0, 0.1) is 5.82 Å². The first-order valence-electron chi connectivity index (χ1n) is 4.97. The molecule has 1 aromatic rings. The van der Waals surface area contributed by atoms with Crippen molar-refractivity contribution in [1.82, 2.24) is 0 Å². The summed E-state index contributed by atoms with van der Waals surface area (Å²) in [5, 5.41) is 0. The Labute approximate surface area is 94.9 Å². The highest BCUT2D eigenvalue weighted by atomic mass is 32.2. The van der Waals surface area contributed by atoms with E-state index in [9.17, 15) is 12.8 Å². The lowest BCUT2D eigenvalue weighted by molar-refractivity contribution is 0.591. The van der Waals surface area contributed by atoms with Crippen molar-refractivity contribution < 1.29 is 12.8 Å². The second-order valence-electron chi connectivity index (χ2n) is 3.25. The van der Waals surface area contributed by atoms with Crippen LogP contribution in [0.1, 0.15) is 6.92 Å². The maximum atomic E-state index is 13.0. The third-order valence-corrected chi connectivity index (χ3v) is 3.99. The molecule has 0 atom stereocenters. The molecule has 6 heteroatoms. The predicted molar refractivity (Wildman–Crippen MR) is 62.3 cm³/mol. The summed E-state index contributed by atoms with van der Waals surface area (Å²) < 4.78 is 37.7. The fourth-order valence-electron chi connectivity index (χ4n) is 1.43. The summed E-state index contributed by atoms with van der Waals surface area (Å²) in [6.45, 7) is 2.00. The molecule has 0 radical (unpaired) electrons. The van der Waals surface area contributed by atoms with Crippen molar-refractivity contribution >= 4 is 15.7 Å². The molecule has 0 unspecified atom stereocenters. The first-order valence-corrected chi connectivity index (χ1v) is 6.58. The summed E-state index contributed by atoms with van der Waals surface area (Å²) in [5.41, 5.74) is 5.56. The summed E-state index contributed by atoms with van der Waals surface area (Å²) in [6, 6.07) is 5.50. The van der Waals surface area contributed by atoms with E-state index in [1.165, 1.54) is 18.2 Å². The zero-order valence-corrected chi connectivity index (χ0v) is 9.87. The van der Waals surface area contributed by atoms with E-state index in [2.05, 4.69) is 0 Å². The van der Waals surface area contributed by atoms with Gasteiger partial charge in [0.25, 0.3) is 0 Å². The number of hydrogen-bond donors (Lipinski definition) is 1. The third-order valence-electron chi connectivity index (χ3n) is 2.09. The van der Waals surface area contributed by atoms with Gasteiger partial charge in [-0.2, -0.15) is 0 Å². The smallest absolute Gasteiger partial charge is 0.236 e. The maximum Gasteiger partial charge on any atom is 0.236 e. The van der Waals surface area contributed by atoms with Gasteiger partial charge in [-0.15, -0.1) is 0 Å². The Morgan fingerprint density at radius 1 is 1.44 bits per heavy atom. The minimum atomic E-state index is -3.45. The van der Waals surface area contributed by atoms with Crippen LogP contribution in [0.3, 0.4) is 0 Å². The molecule has 0 aliphatic rings. The fraction of sp³-hybridized carbons (Fsp3) is 0.400. The van der Waals surface area contributed by atoms with Gasteiger partial charge in [-0.05, 0) is 25.1 Å². The highest BCUT2D eigenvalue weighted by Crippen LogP contribution is 2.18. The second-order valence-corrected chi connectivity index (χ2v) is 5.26. The van der Waals surface area contributed by atoms with Crippen LogP contribution in [0.5, 0.6) is 0 Å². The van der Waals surface area contributed by atoms with Crippen LogP contribution in [0.4, 0.5) is 10.1 Å². The van der Waals surface area contributed by atoms with Gasteiger partial charge in [0.2, 0.25) is 10.0 Å². The van der Waals surface area contributed by atoms with Crippen molar-refractivity contribution in [2.75, 3.05) is 23.1 Å². The van der Waals surface area contributed by atoms with E-state index >= 15 is 0 Å². The molecule has 4 nitrogen and oxygen atoms in total. The largest absolute Gasteiger partial charge is 0.329 e. The molecule has 0 aliphatic carbocycles. The van der Waals surface area contributed by atoms with Crippen molar-refractivity contribution in [2.45, 2.75) is 6.92 Å². The molecule has 0 amide bonds. The number of nitrogens with zero attached hydrogens (tertiary/aromatic N) is 1. The van der Waals surface area contributed by atoms with Crippen LogP contribution in [0.2, 0.25) is 0 Å². The molecule has 1 aromatic carbocycles. The third kappa shape index (κ3) is 2.93. The van der Waals surface area contributed by atoms with Crippen molar-refractivity contribution in [3.05, 3.63) is 30.1 Å². The summed E-state index contributed by atoms with van der Waals surface area (Å²) >= 11 is 0. The molecule has 2 N–H and O–H groups in total. The van der Waals surface area contributed by atoms with Crippen LogP contribution >= 0.6 is 0 Å². The van der Waals surface area contributed by atoms with E-state index in [0.717, 1.165) is 4.31 Å². The van der Waals surface area contributed by atoms with Crippen molar-refractivity contribution in [3.63, 3.8) is 0 Å². The van der Waals surface area contributed by atoms with Crippen molar-refractivity contribution in [2.24, 2.45) is 5.73 Å². The molecule has 0 aliphatic heterocycles. The Bertz CT molecular complexity index is 448. The van der Waals surface area contributed by atoms with Gasteiger partial charge in [0, 0.05) is 13.1 Å². The van der Waals surface area contributed by atoms with Crippen LogP contribution in [0.15, 0.2) is 24.3 Å². The van der Waals surface area contributed by atoms with Gasteiger partial charge in [0.15, 0.2) is 0 Å². The molecule has 0 spiro atoms. The number of sulfonamides is 1. The molecule has 1 rings (SSSR count). The Kier molecular flexibility index (Phi) is 4.26. The average molecular weight is 246 g/mol. The number of nitrogens with two attached hydrogens (primary N) is 1. The monoisotopic (exact) mass is 246 g/mol. The molecule has 0 saturated carbocycles. The average Bonchev–Trinajstić information content (AvgIpc) is 2.18.